The van der Waals surface area contributed by atoms with Crippen molar-refractivity contribution in [3.05, 3.63) is 48.5 Å². The summed E-state index contributed by atoms with van der Waals surface area (Å²) in [6.07, 6.45) is 5.09. The number of hydrogen-bond donors (Lipinski definition) is 1. The van der Waals surface area contributed by atoms with Crippen molar-refractivity contribution in [2.75, 3.05) is 23.3 Å². The van der Waals surface area contributed by atoms with Gasteiger partial charge in [-0.05, 0) is 31.4 Å². The second-order valence-corrected chi connectivity index (χ2v) is 5.91. The van der Waals surface area contributed by atoms with Crippen molar-refractivity contribution in [3.8, 4) is 0 Å². The Morgan fingerprint density at radius 1 is 1.08 bits per heavy atom. The second kappa shape index (κ2) is 6.31. The fraction of sp³-hybridized carbons (Fsp3) is 0.278. The maximum absolute atomic E-state index is 12.4. The predicted octanol–water partition coefficient (Wildman–Crippen LogP) is 3.47. The number of hydrogen-bond acceptors (Lipinski definition) is 5. The van der Waals surface area contributed by atoms with E-state index in [1.807, 2.05) is 30.3 Å². The monoisotopic (exact) mass is 322 g/mol. The van der Waals surface area contributed by atoms with Gasteiger partial charge in [0.15, 0.2) is 5.76 Å². The Bertz CT molecular complexity index is 835. The average Bonchev–Trinajstić information content (AvgIpc) is 3.07. The summed E-state index contributed by atoms with van der Waals surface area (Å²) >= 11 is 0. The van der Waals surface area contributed by atoms with Crippen LogP contribution < -0.4 is 10.2 Å². The minimum absolute atomic E-state index is 0.273. The van der Waals surface area contributed by atoms with Gasteiger partial charge < -0.3 is 14.6 Å². The Hall–Kier alpha value is -2.89. The van der Waals surface area contributed by atoms with Gasteiger partial charge >= 0.3 is 0 Å². The van der Waals surface area contributed by atoms with Gasteiger partial charge in [0.25, 0.3) is 5.91 Å². The van der Waals surface area contributed by atoms with E-state index in [0.29, 0.717) is 11.4 Å². The second-order valence-electron chi connectivity index (χ2n) is 5.91. The Labute approximate surface area is 139 Å². The first kappa shape index (κ1) is 14.7. The zero-order valence-corrected chi connectivity index (χ0v) is 13.2. The summed E-state index contributed by atoms with van der Waals surface area (Å²) in [4.78, 5) is 23.1. The number of para-hydroxylation sites is 1. The van der Waals surface area contributed by atoms with Crippen molar-refractivity contribution in [2.45, 2.75) is 19.3 Å². The van der Waals surface area contributed by atoms with E-state index in [4.69, 9.17) is 4.42 Å². The van der Waals surface area contributed by atoms with Gasteiger partial charge in [-0.3, -0.25) is 4.79 Å². The summed E-state index contributed by atoms with van der Waals surface area (Å²) in [5.74, 6) is 1.30. The zero-order chi connectivity index (χ0) is 16.4. The minimum Gasteiger partial charge on any atom is -0.451 e. The molecule has 3 aromatic rings. The molecule has 4 rings (SSSR count). The first-order chi connectivity index (χ1) is 11.8. The molecule has 1 N–H and O–H groups in total. The fourth-order valence-corrected chi connectivity index (χ4v) is 2.98. The molecule has 24 heavy (non-hydrogen) atoms. The van der Waals surface area contributed by atoms with Gasteiger partial charge in [0.05, 0.1) is 0 Å². The molecule has 0 unspecified atom stereocenters. The predicted molar refractivity (Wildman–Crippen MR) is 92.3 cm³/mol. The molecule has 1 saturated heterocycles. The van der Waals surface area contributed by atoms with Crippen molar-refractivity contribution in [3.63, 3.8) is 0 Å². The van der Waals surface area contributed by atoms with Crippen LogP contribution in [0.5, 0.6) is 0 Å². The lowest BCUT2D eigenvalue weighted by Gasteiger charge is -2.27. The number of fused-ring (bicyclic) bond motifs is 1. The third-order valence-electron chi connectivity index (χ3n) is 4.22. The number of amides is 1. The summed E-state index contributed by atoms with van der Waals surface area (Å²) in [6, 6.07) is 11.1. The van der Waals surface area contributed by atoms with Gasteiger partial charge in [-0.2, -0.15) is 0 Å². The van der Waals surface area contributed by atoms with E-state index in [1.165, 1.54) is 25.6 Å². The van der Waals surface area contributed by atoms with Crippen LogP contribution in [0, 0.1) is 0 Å². The van der Waals surface area contributed by atoms with Crippen molar-refractivity contribution < 1.29 is 9.21 Å². The van der Waals surface area contributed by atoms with E-state index < -0.39 is 0 Å². The molecular formula is C18H18N4O2. The average molecular weight is 322 g/mol. The maximum Gasteiger partial charge on any atom is 0.292 e. The molecule has 1 aliphatic rings. The summed E-state index contributed by atoms with van der Waals surface area (Å²) < 4.78 is 5.58. The standard InChI is InChI=1S/C18H18N4O2/c23-18(15-10-13-6-2-3-7-14(13)24-15)21-16-11-17(20-12-19-16)22-8-4-1-5-9-22/h2-3,6-7,10-12H,1,4-5,8-9H2,(H,19,20,21,23). The molecule has 2 aromatic heterocycles. The molecule has 0 saturated carbocycles. The Balaban J connectivity index is 1.52. The minimum atomic E-state index is -0.311. The molecule has 0 atom stereocenters. The van der Waals surface area contributed by atoms with Gasteiger partial charge in [-0.1, -0.05) is 18.2 Å². The lowest BCUT2D eigenvalue weighted by Crippen LogP contribution is -2.30. The number of aromatic nitrogens is 2. The van der Waals surface area contributed by atoms with E-state index in [2.05, 4.69) is 20.2 Å². The summed E-state index contributed by atoms with van der Waals surface area (Å²) in [5.41, 5.74) is 0.694. The largest absolute Gasteiger partial charge is 0.451 e. The third-order valence-corrected chi connectivity index (χ3v) is 4.22. The topological polar surface area (TPSA) is 71.3 Å². The Morgan fingerprint density at radius 2 is 1.92 bits per heavy atom. The van der Waals surface area contributed by atoms with Gasteiger partial charge in [-0.15, -0.1) is 0 Å². The number of carbonyl (C=O) groups excluding carboxylic acids is 1. The van der Waals surface area contributed by atoms with E-state index in [-0.39, 0.29) is 11.7 Å². The van der Waals surface area contributed by atoms with Crippen molar-refractivity contribution in [2.24, 2.45) is 0 Å². The van der Waals surface area contributed by atoms with Crippen molar-refractivity contribution in [1.82, 2.24) is 9.97 Å². The Kier molecular flexibility index (Phi) is 3.86. The number of furan rings is 1. The molecule has 1 aliphatic heterocycles. The van der Waals surface area contributed by atoms with Crippen LogP contribution in [0.1, 0.15) is 29.8 Å². The molecular weight excluding hydrogens is 304 g/mol. The number of nitrogens with zero attached hydrogens (tertiary/aromatic N) is 3. The van der Waals surface area contributed by atoms with Gasteiger partial charge in [0.2, 0.25) is 0 Å². The SMILES string of the molecule is O=C(Nc1cc(N2CCCCC2)ncn1)c1cc2ccccc2o1. The summed E-state index contributed by atoms with van der Waals surface area (Å²) in [7, 11) is 0. The first-order valence-electron chi connectivity index (χ1n) is 8.16. The quantitative estimate of drug-likeness (QED) is 0.799. The van der Waals surface area contributed by atoms with Crippen LogP contribution in [0.2, 0.25) is 0 Å². The molecule has 122 valence electrons. The molecule has 0 radical (unpaired) electrons. The number of anilines is 2. The number of nitrogens with one attached hydrogen (secondary N) is 1. The lowest BCUT2D eigenvalue weighted by molar-refractivity contribution is 0.0998. The van der Waals surface area contributed by atoms with Crippen molar-refractivity contribution in [1.29, 1.82) is 0 Å². The van der Waals surface area contributed by atoms with E-state index >= 15 is 0 Å². The van der Waals surface area contributed by atoms with E-state index in [9.17, 15) is 4.79 Å². The van der Waals surface area contributed by atoms with Crippen LogP contribution in [0.4, 0.5) is 11.6 Å². The molecule has 1 fully saturated rings. The van der Waals surface area contributed by atoms with Gasteiger partial charge in [0.1, 0.15) is 23.5 Å². The number of carbonyl (C=O) groups is 1. The van der Waals surface area contributed by atoms with Gasteiger partial charge in [0, 0.05) is 24.5 Å². The van der Waals surface area contributed by atoms with Crippen LogP contribution >= 0.6 is 0 Å². The van der Waals surface area contributed by atoms with Gasteiger partial charge in [-0.25, -0.2) is 9.97 Å². The maximum atomic E-state index is 12.4. The van der Waals surface area contributed by atoms with Crippen LogP contribution in [0.25, 0.3) is 11.0 Å². The smallest absolute Gasteiger partial charge is 0.292 e. The molecule has 3 heterocycles. The highest BCUT2D eigenvalue weighted by Crippen LogP contribution is 2.21. The number of rotatable bonds is 3. The highest BCUT2D eigenvalue weighted by Gasteiger charge is 2.16. The van der Waals surface area contributed by atoms with Crippen LogP contribution in [-0.4, -0.2) is 29.0 Å². The molecule has 0 aliphatic carbocycles. The number of benzene rings is 1. The number of piperidine rings is 1. The van der Waals surface area contributed by atoms with Crippen LogP contribution in [0.3, 0.4) is 0 Å². The highest BCUT2D eigenvalue weighted by atomic mass is 16.3. The van der Waals surface area contributed by atoms with E-state index in [1.54, 1.807) is 6.07 Å². The lowest BCUT2D eigenvalue weighted by atomic mass is 10.1. The van der Waals surface area contributed by atoms with E-state index in [0.717, 1.165) is 24.3 Å². The molecule has 1 aromatic carbocycles. The molecule has 0 spiro atoms. The zero-order valence-electron chi connectivity index (χ0n) is 13.2. The molecule has 1 amide bonds. The Morgan fingerprint density at radius 3 is 2.75 bits per heavy atom. The molecule has 6 nitrogen and oxygen atoms in total. The normalized spacial score (nSPS) is 14.8. The first-order valence-corrected chi connectivity index (χ1v) is 8.16. The summed E-state index contributed by atoms with van der Waals surface area (Å²) in [5, 5.41) is 3.69. The summed E-state index contributed by atoms with van der Waals surface area (Å²) in [6.45, 7) is 1.99. The fourth-order valence-electron chi connectivity index (χ4n) is 2.98. The van der Waals surface area contributed by atoms with Crippen LogP contribution in [-0.2, 0) is 0 Å². The third kappa shape index (κ3) is 2.95. The van der Waals surface area contributed by atoms with Crippen molar-refractivity contribution >= 4 is 28.5 Å². The molecule has 6 heteroatoms. The highest BCUT2D eigenvalue weighted by molar-refractivity contribution is 6.04. The van der Waals surface area contributed by atoms with Crippen LogP contribution in [0.15, 0.2) is 47.1 Å². The molecule has 0 bridgehead atoms.